The first-order chi connectivity index (χ1) is 19.3. The molecule has 0 saturated carbocycles. The second-order valence-corrected chi connectivity index (χ2v) is 9.44. The standard InChI is InChI=1S/C27H37N3O2.C4H4O4/c1-20-15-17-29-26-23(30-21(2)11-10-16-28)19-24(31-3)27(25(20)26)32-18-9-5-8-14-22-12-6-4-7-13-22;5-3(6)1-2-4(7)8/h4,6-7,12-13,15,17,19,21,30H,5,8-11,14,16,18,28H2,1-3H3;1-2H,(H,5,6)(H,7,8)/b;2-1+. The Balaban J connectivity index is 0.000000611. The summed E-state index contributed by atoms with van der Waals surface area (Å²) in [5.74, 6) is -0.984. The number of benzene rings is 2. The van der Waals surface area contributed by atoms with Gasteiger partial charge in [-0.3, -0.25) is 4.98 Å². The number of nitrogens with zero attached hydrogens (tertiary/aromatic N) is 1. The predicted molar refractivity (Wildman–Crippen MR) is 158 cm³/mol. The lowest BCUT2D eigenvalue weighted by Gasteiger charge is -2.20. The van der Waals surface area contributed by atoms with Crippen LogP contribution in [0.25, 0.3) is 10.9 Å². The van der Waals surface area contributed by atoms with Crippen LogP contribution in [0.1, 0.15) is 50.2 Å². The summed E-state index contributed by atoms with van der Waals surface area (Å²) in [6.45, 7) is 5.63. The molecule has 40 heavy (non-hydrogen) atoms. The van der Waals surface area contributed by atoms with Gasteiger partial charge in [0.1, 0.15) is 0 Å². The third-order valence-corrected chi connectivity index (χ3v) is 6.17. The van der Waals surface area contributed by atoms with Gasteiger partial charge >= 0.3 is 11.9 Å². The number of aliphatic carboxylic acids is 2. The quantitative estimate of drug-likeness (QED) is 0.140. The number of anilines is 1. The zero-order valence-electron chi connectivity index (χ0n) is 23.6. The summed E-state index contributed by atoms with van der Waals surface area (Å²) in [6, 6.07) is 15.0. The van der Waals surface area contributed by atoms with E-state index in [0.29, 0.717) is 31.3 Å². The minimum atomic E-state index is -1.26. The number of hydrogen-bond acceptors (Lipinski definition) is 7. The maximum atomic E-state index is 9.55. The van der Waals surface area contributed by atoms with E-state index in [0.717, 1.165) is 72.2 Å². The van der Waals surface area contributed by atoms with Crippen LogP contribution in [0.4, 0.5) is 5.69 Å². The number of aromatic nitrogens is 1. The average Bonchev–Trinajstić information content (AvgIpc) is 2.94. The van der Waals surface area contributed by atoms with Crippen molar-refractivity contribution in [3.8, 4) is 11.5 Å². The summed E-state index contributed by atoms with van der Waals surface area (Å²) in [5, 5.41) is 20.2. The Morgan fingerprint density at radius 1 is 1.05 bits per heavy atom. The van der Waals surface area contributed by atoms with Crippen LogP contribution in [0.3, 0.4) is 0 Å². The Morgan fingerprint density at radius 3 is 2.38 bits per heavy atom. The maximum Gasteiger partial charge on any atom is 0.328 e. The van der Waals surface area contributed by atoms with Crippen molar-refractivity contribution >= 4 is 28.5 Å². The van der Waals surface area contributed by atoms with E-state index < -0.39 is 11.9 Å². The van der Waals surface area contributed by atoms with Gasteiger partial charge in [0.15, 0.2) is 11.5 Å². The number of carbonyl (C=O) groups is 2. The molecule has 1 aromatic heterocycles. The van der Waals surface area contributed by atoms with Crippen molar-refractivity contribution in [3.63, 3.8) is 0 Å². The molecule has 216 valence electrons. The van der Waals surface area contributed by atoms with Crippen molar-refractivity contribution in [1.29, 1.82) is 0 Å². The fraction of sp³-hybridized carbons (Fsp3) is 0.387. The van der Waals surface area contributed by atoms with Gasteiger partial charge in [-0.15, -0.1) is 0 Å². The largest absolute Gasteiger partial charge is 0.493 e. The third kappa shape index (κ3) is 10.9. The first-order valence-electron chi connectivity index (χ1n) is 13.5. The minimum Gasteiger partial charge on any atom is -0.493 e. The normalized spacial score (nSPS) is 11.5. The van der Waals surface area contributed by atoms with E-state index in [1.54, 1.807) is 7.11 Å². The lowest BCUT2D eigenvalue weighted by molar-refractivity contribution is -0.134. The van der Waals surface area contributed by atoms with Crippen molar-refractivity contribution in [2.75, 3.05) is 25.6 Å². The number of hydrogen-bond donors (Lipinski definition) is 4. The molecule has 0 radical (unpaired) electrons. The Morgan fingerprint density at radius 2 is 1.75 bits per heavy atom. The number of pyridine rings is 1. The Kier molecular flexibility index (Phi) is 14.0. The van der Waals surface area contributed by atoms with Crippen LogP contribution in [0, 0.1) is 6.92 Å². The third-order valence-electron chi connectivity index (χ3n) is 6.17. The number of methoxy groups -OCH3 is 1. The van der Waals surface area contributed by atoms with Crippen LogP contribution in [-0.4, -0.2) is 53.4 Å². The molecule has 0 saturated heterocycles. The van der Waals surface area contributed by atoms with Crippen molar-refractivity contribution < 1.29 is 29.3 Å². The van der Waals surface area contributed by atoms with Gasteiger partial charge in [0.2, 0.25) is 0 Å². The summed E-state index contributed by atoms with van der Waals surface area (Å²) in [4.78, 5) is 23.8. The van der Waals surface area contributed by atoms with Gasteiger partial charge in [0.05, 0.1) is 30.3 Å². The zero-order valence-corrected chi connectivity index (χ0v) is 23.6. The second-order valence-electron chi connectivity index (χ2n) is 9.44. The molecule has 1 atom stereocenters. The molecule has 9 nitrogen and oxygen atoms in total. The molecule has 3 aromatic rings. The predicted octanol–water partition coefficient (Wildman–Crippen LogP) is 5.59. The van der Waals surface area contributed by atoms with Crippen LogP contribution in [0.5, 0.6) is 11.5 Å². The first-order valence-corrected chi connectivity index (χ1v) is 13.5. The molecule has 1 heterocycles. The maximum absolute atomic E-state index is 9.55. The van der Waals surface area contributed by atoms with Crippen molar-refractivity contribution in [3.05, 3.63) is 71.9 Å². The number of unbranched alkanes of at least 4 members (excludes halogenated alkanes) is 2. The van der Waals surface area contributed by atoms with Gasteiger partial charge in [-0.1, -0.05) is 30.3 Å². The highest BCUT2D eigenvalue weighted by atomic mass is 16.5. The van der Waals surface area contributed by atoms with Gasteiger partial charge < -0.3 is 30.7 Å². The molecule has 1 unspecified atom stereocenters. The Labute approximate surface area is 236 Å². The van der Waals surface area contributed by atoms with Gasteiger partial charge in [0, 0.05) is 30.5 Å². The Hall–Kier alpha value is -4.11. The molecular formula is C31H41N3O6. The highest BCUT2D eigenvalue weighted by Crippen LogP contribution is 2.41. The number of ether oxygens (including phenoxy) is 2. The number of carboxylic acid groups (broad SMARTS) is 2. The molecule has 2 aromatic carbocycles. The Bertz CT molecular complexity index is 1230. The number of carboxylic acids is 2. The molecule has 0 aliphatic rings. The lowest BCUT2D eigenvalue weighted by atomic mass is 10.1. The fourth-order valence-corrected chi connectivity index (χ4v) is 4.17. The molecule has 0 bridgehead atoms. The second kappa shape index (κ2) is 17.5. The molecule has 3 rings (SSSR count). The van der Waals surface area contributed by atoms with Crippen LogP contribution in [0.2, 0.25) is 0 Å². The van der Waals surface area contributed by atoms with E-state index in [2.05, 4.69) is 54.5 Å². The van der Waals surface area contributed by atoms with Gasteiger partial charge in [-0.25, -0.2) is 9.59 Å². The summed E-state index contributed by atoms with van der Waals surface area (Å²) in [5.41, 5.74) is 10.1. The highest BCUT2D eigenvalue weighted by molar-refractivity contribution is 5.99. The number of aryl methyl sites for hydroxylation is 2. The summed E-state index contributed by atoms with van der Waals surface area (Å²) in [6.07, 6.45) is 9.37. The van der Waals surface area contributed by atoms with E-state index in [1.807, 2.05) is 18.3 Å². The molecule has 9 heteroatoms. The van der Waals surface area contributed by atoms with Gasteiger partial charge in [-0.2, -0.15) is 0 Å². The SMILES string of the molecule is COc1cc(NC(C)CCCN)c2nccc(C)c2c1OCCCCCc1ccccc1.O=C(O)/C=C/C(=O)O. The van der Waals surface area contributed by atoms with Crippen molar-refractivity contribution in [2.24, 2.45) is 5.73 Å². The van der Waals surface area contributed by atoms with Crippen LogP contribution in [-0.2, 0) is 16.0 Å². The number of fused-ring (bicyclic) bond motifs is 1. The number of rotatable bonds is 15. The van der Waals surface area contributed by atoms with Crippen LogP contribution in [0.15, 0.2) is 60.8 Å². The lowest BCUT2D eigenvalue weighted by Crippen LogP contribution is -2.17. The molecule has 0 amide bonds. The van der Waals surface area contributed by atoms with Crippen molar-refractivity contribution in [1.82, 2.24) is 4.98 Å². The molecule has 0 aliphatic heterocycles. The van der Waals surface area contributed by atoms with E-state index in [9.17, 15) is 9.59 Å². The van der Waals surface area contributed by atoms with Crippen LogP contribution < -0.4 is 20.5 Å². The highest BCUT2D eigenvalue weighted by Gasteiger charge is 2.18. The number of nitrogens with two attached hydrogens (primary N) is 1. The smallest absolute Gasteiger partial charge is 0.328 e. The van der Waals surface area contributed by atoms with E-state index in [-0.39, 0.29) is 0 Å². The van der Waals surface area contributed by atoms with E-state index in [1.165, 1.54) is 5.56 Å². The van der Waals surface area contributed by atoms with Gasteiger partial charge in [0.25, 0.3) is 0 Å². The molecular weight excluding hydrogens is 510 g/mol. The van der Waals surface area contributed by atoms with Crippen LogP contribution >= 0.6 is 0 Å². The molecule has 0 fully saturated rings. The zero-order chi connectivity index (χ0) is 29.3. The fourth-order valence-electron chi connectivity index (χ4n) is 4.17. The molecule has 5 N–H and O–H groups in total. The summed E-state index contributed by atoms with van der Waals surface area (Å²) in [7, 11) is 1.70. The van der Waals surface area contributed by atoms with Gasteiger partial charge in [-0.05, 0) is 76.1 Å². The average molecular weight is 552 g/mol. The first kappa shape index (κ1) is 32.1. The molecule has 0 aliphatic carbocycles. The molecule has 0 spiro atoms. The topological polar surface area (TPSA) is 144 Å². The number of nitrogens with one attached hydrogen (secondary N) is 1. The summed E-state index contributed by atoms with van der Waals surface area (Å²) >= 11 is 0. The van der Waals surface area contributed by atoms with E-state index in [4.69, 9.17) is 25.4 Å². The summed E-state index contributed by atoms with van der Waals surface area (Å²) < 4.78 is 12.0. The minimum absolute atomic E-state index is 0.296. The monoisotopic (exact) mass is 551 g/mol. The van der Waals surface area contributed by atoms with E-state index >= 15 is 0 Å². The van der Waals surface area contributed by atoms with Crippen molar-refractivity contribution in [2.45, 2.75) is 58.4 Å².